The van der Waals surface area contributed by atoms with Crippen molar-refractivity contribution < 1.29 is 4.79 Å². The molecule has 102 valence electrons. The van der Waals surface area contributed by atoms with Gasteiger partial charge < -0.3 is 9.88 Å². The van der Waals surface area contributed by atoms with Crippen LogP contribution in [0.5, 0.6) is 0 Å². The van der Waals surface area contributed by atoms with Gasteiger partial charge in [-0.05, 0) is 43.7 Å². The standard InChI is InChI=1S/C16H17N3O/c1-16(2,11-17)12-6-8-13(9-7-12)18-15(20)14-5-4-10-19(14)3/h4-10H,1-3H3,(H,18,20). The number of benzene rings is 1. The Bertz CT molecular complexity index is 660. The molecular formula is C16H17N3O. The molecule has 0 saturated carbocycles. The summed E-state index contributed by atoms with van der Waals surface area (Å²) in [5.41, 5.74) is 1.72. The Morgan fingerprint density at radius 1 is 1.25 bits per heavy atom. The number of aryl methyl sites for hydroxylation is 1. The summed E-state index contributed by atoms with van der Waals surface area (Å²) in [4.78, 5) is 12.0. The molecule has 4 nitrogen and oxygen atoms in total. The molecule has 1 N–H and O–H groups in total. The van der Waals surface area contributed by atoms with E-state index in [0.717, 1.165) is 5.56 Å². The molecule has 0 aliphatic heterocycles. The molecule has 0 spiro atoms. The predicted octanol–water partition coefficient (Wildman–Crippen LogP) is 3.08. The summed E-state index contributed by atoms with van der Waals surface area (Å²) in [7, 11) is 1.83. The Kier molecular flexibility index (Phi) is 3.62. The van der Waals surface area contributed by atoms with Crippen molar-refractivity contribution in [3.8, 4) is 6.07 Å². The maximum atomic E-state index is 12.0. The molecule has 2 aromatic rings. The second-order valence-electron chi connectivity index (χ2n) is 5.27. The van der Waals surface area contributed by atoms with Crippen LogP contribution in [0.25, 0.3) is 0 Å². The van der Waals surface area contributed by atoms with Crippen molar-refractivity contribution in [1.82, 2.24) is 4.57 Å². The maximum Gasteiger partial charge on any atom is 0.272 e. The minimum atomic E-state index is -0.527. The topological polar surface area (TPSA) is 57.8 Å². The molecule has 4 heteroatoms. The smallest absolute Gasteiger partial charge is 0.272 e. The quantitative estimate of drug-likeness (QED) is 0.929. The zero-order chi connectivity index (χ0) is 14.8. The Labute approximate surface area is 118 Å². The number of amides is 1. The maximum absolute atomic E-state index is 12.0. The van der Waals surface area contributed by atoms with Crippen molar-refractivity contribution in [3.63, 3.8) is 0 Å². The van der Waals surface area contributed by atoms with Gasteiger partial charge in [-0.3, -0.25) is 4.79 Å². The van der Waals surface area contributed by atoms with E-state index in [9.17, 15) is 4.79 Å². The van der Waals surface area contributed by atoms with Crippen LogP contribution in [0.3, 0.4) is 0 Å². The Morgan fingerprint density at radius 3 is 2.40 bits per heavy atom. The second kappa shape index (κ2) is 5.22. The van der Waals surface area contributed by atoms with Crippen LogP contribution in [-0.4, -0.2) is 10.5 Å². The first kappa shape index (κ1) is 13.9. The lowest BCUT2D eigenvalue weighted by molar-refractivity contribution is 0.101. The third-order valence-electron chi connectivity index (χ3n) is 3.32. The van der Waals surface area contributed by atoms with Gasteiger partial charge in [0, 0.05) is 18.9 Å². The first-order valence-corrected chi connectivity index (χ1v) is 6.38. The molecule has 20 heavy (non-hydrogen) atoms. The monoisotopic (exact) mass is 267 g/mol. The van der Waals surface area contributed by atoms with Crippen LogP contribution in [0.4, 0.5) is 5.69 Å². The number of hydrogen-bond acceptors (Lipinski definition) is 2. The van der Waals surface area contributed by atoms with Crippen LogP contribution in [0.2, 0.25) is 0 Å². The second-order valence-corrected chi connectivity index (χ2v) is 5.27. The molecule has 0 fully saturated rings. The van der Waals surface area contributed by atoms with E-state index < -0.39 is 5.41 Å². The number of rotatable bonds is 3. The van der Waals surface area contributed by atoms with E-state index in [4.69, 9.17) is 5.26 Å². The summed E-state index contributed by atoms with van der Waals surface area (Å²) < 4.78 is 1.77. The molecular weight excluding hydrogens is 250 g/mol. The van der Waals surface area contributed by atoms with Gasteiger partial charge in [0.15, 0.2) is 0 Å². The van der Waals surface area contributed by atoms with Crippen LogP contribution in [0, 0.1) is 11.3 Å². The largest absolute Gasteiger partial charge is 0.347 e. The van der Waals surface area contributed by atoms with Crippen molar-refractivity contribution in [2.24, 2.45) is 7.05 Å². The van der Waals surface area contributed by atoms with Crippen LogP contribution in [0.1, 0.15) is 29.9 Å². The van der Waals surface area contributed by atoms with E-state index in [1.165, 1.54) is 0 Å². The van der Waals surface area contributed by atoms with Gasteiger partial charge in [-0.2, -0.15) is 5.26 Å². The first-order valence-electron chi connectivity index (χ1n) is 6.38. The summed E-state index contributed by atoms with van der Waals surface area (Å²) >= 11 is 0. The summed E-state index contributed by atoms with van der Waals surface area (Å²) in [6.07, 6.45) is 1.83. The number of aromatic nitrogens is 1. The Morgan fingerprint density at radius 2 is 1.90 bits per heavy atom. The number of nitrogens with zero attached hydrogens (tertiary/aromatic N) is 2. The van der Waals surface area contributed by atoms with Crippen molar-refractivity contribution >= 4 is 11.6 Å². The lowest BCUT2D eigenvalue weighted by Gasteiger charge is -2.16. The molecule has 2 rings (SSSR count). The third-order valence-corrected chi connectivity index (χ3v) is 3.32. The highest BCUT2D eigenvalue weighted by Crippen LogP contribution is 2.23. The van der Waals surface area contributed by atoms with E-state index in [0.29, 0.717) is 11.4 Å². The highest BCUT2D eigenvalue weighted by atomic mass is 16.1. The molecule has 0 aliphatic rings. The number of carbonyl (C=O) groups is 1. The summed E-state index contributed by atoms with van der Waals surface area (Å²) in [5.74, 6) is -0.148. The molecule has 1 amide bonds. The van der Waals surface area contributed by atoms with Crippen molar-refractivity contribution in [2.45, 2.75) is 19.3 Å². The fourth-order valence-electron chi connectivity index (χ4n) is 1.93. The predicted molar refractivity (Wildman–Crippen MR) is 78.4 cm³/mol. The Balaban J connectivity index is 2.15. The first-order chi connectivity index (χ1) is 9.44. The fourth-order valence-corrected chi connectivity index (χ4v) is 1.93. The molecule has 1 aromatic carbocycles. The third kappa shape index (κ3) is 2.72. The number of anilines is 1. The van der Waals surface area contributed by atoms with Gasteiger partial charge in [0.1, 0.15) is 5.69 Å². The molecule has 0 atom stereocenters. The van der Waals surface area contributed by atoms with E-state index in [1.54, 1.807) is 10.6 Å². The van der Waals surface area contributed by atoms with Crippen molar-refractivity contribution in [1.29, 1.82) is 5.26 Å². The average molecular weight is 267 g/mol. The summed E-state index contributed by atoms with van der Waals surface area (Å²) in [6, 6.07) is 13.2. The lowest BCUT2D eigenvalue weighted by Crippen LogP contribution is -2.16. The number of nitrogens with one attached hydrogen (secondary N) is 1. The van der Waals surface area contributed by atoms with Crippen molar-refractivity contribution in [3.05, 3.63) is 53.9 Å². The summed E-state index contributed by atoms with van der Waals surface area (Å²) in [5, 5.41) is 11.9. The van der Waals surface area contributed by atoms with Gasteiger partial charge in [-0.25, -0.2) is 0 Å². The minimum absolute atomic E-state index is 0.148. The van der Waals surface area contributed by atoms with Gasteiger partial charge in [-0.15, -0.1) is 0 Å². The van der Waals surface area contributed by atoms with Crippen LogP contribution >= 0.6 is 0 Å². The van der Waals surface area contributed by atoms with E-state index in [-0.39, 0.29) is 5.91 Å². The van der Waals surface area contributed by atoms with Crippen LogP contribution in [-0.2, 0) is 12.5 Å². The molecule has 0 unspecified atom stereocenters. The molecule has 0 saturated heterocycles. The minimum Gasteiger partial charge on any atom is -0.347 e. The highest BCUT2D eigenvalue weighted by Gasteiger charge is 2.19. The molecule has 0 aliphatic carbocycles. The highest BCUT2D eigenvalue weighted by molar-refractivity contribution is 6.03. The zero-order valence-electron chi connectivity index (χ0n) is 11.8. The average Bonchev–Trinajstić information content (AvgIpc) is 2.85. The fraction of sp³-hybridized carbons (Fsp3) is 0.250. The number of hydrogen-bond donors (Lipinski definition) is 1. The van der Waals surface area contributed by atoms with Crippen molar-refractivity contribution in [2.75, 3.05) is 5.32 Å². The van der Waals surface area contributed by atoms with Gasteiger partial charge >= 0.3 is 0 Å². The van der Waals surface area contributed by atoms with Gasteiger partial charge in [-0.1, -0.05) is 12.1 Å². The Hall–Kier alpha value is -2.54. The van der Waals surface area contributed by atoms with Crippen LogP contribution in [0.15, 0.2) is 42.6 Å². The van der Waals surface area contributed by atoms with E-state index >= 15 is 0 Å². The van der Waals surface area contributed by atoms with Crippen LogP contribution < -0.4 is 5.32 Å². The van der Waals surface area contributed by atoms with Gasteiger partial charge in [0.25, 0.3) is 5.91 Å². The molecule has 0 bridgehead atoms. The summed E-state index contributed by atoms with van der Waals surface area (Å²) in [6.45, 7) is 3.73. The molecule has 1 aromatic heterocycles. The number of carbonyl (C=O) groups excluding carboxylic acids is 1. The van der Waals surface area contributed by atoms with E-state index in [1.807, 2.05) is 57.4 Å². The normalized spacial score (nSPS) is 10.9. The lowest BCUT2D eigenvalue weighted by atomic mass is 9.86. The van der Waals surface area contributed by atoms with Gasteiger partial charge in [0.05, 0.1) is 11.5 Å². The zero-order valence-corrected chi connectivity index (χ0v) is 11.8. The van der Waals surface area contributed by atoms with Gasteiger partial charge in [0.2, 0.25) is 0 Å². The van der Waals surface area contributed by atoms with E-state index in [2.05, 4.69) is 11.4 Å². The molecule has 0 radical (unpaired) electrons. The number of nitriles is 1. The SMILES string of the molecule is Cn1cccc1C(=O)Nc1ccc(C(C)(C)C#N)cc1. The molecule has 1 heterocycles.